The van der Waals surface area contributed by atoms with Crippen LogP contribution in [-0.2, 0) is 16.1 Å². The second-order valence-corrected chi connectivity index (χ2v) is 6.11. The Morgan fingerprint density at radius 3 is 3.05 bits per heavy atom. The normalized spacial score (nSPS) is 13.9. The third-order valence-corrected chi connectivity index (χ3v) is 4.16. The van der Waals surface area contributed by atoms with E-state index in [9.17, 15) is 4.79 Å². The summed E-state index contributed by atoms with van der Waals surface area (Å²) in [5.74, 6) is 0.619. The average Bonchev–Trinajstić information content (AvgIpc) is 3.08. The Hall–Kier alpha value is -1.66. The first-order valence-electron chi connectivity index (χ1n) is 7.05. The van der Waals surface area contributed by atoms with Gasteiger partial charge in [0, 0.05) is 18.9 Å². The van der Waals surface area contributed by atoms with Crippen LogP contribution in [0.4, 0.5) is 0 Å². The van der Waals surface area contributed by atoms with Gasteiger partial charge in [0.05, 0.1) is 11.5 Å². The predicted octanol–water partition coefficient (Wildman–Crippen LogP) is 2.67. The molecule has 0 saturated heterocycles. The molecule has 0 saturated carbocycles. The number of rotatable bonds is 7. The van der Waals surface area contributed by atoms with Crippen LogP contribution in [0.2, 0.25) is 0 Å². The lowest BCUT2D eigenvalue weighted by molar-refractivity contribution is -0.149. The van der Waals surface area contributed by atoms with Crippen LogP contribution < -0.4 is 5.73 Å². The van der Waals surface area contributed by atoms with Gasteiger partial charge in [-0.1, -0.05) is 6.07 Å². The second kappa shape index (κ2) is 6.87. The molecule has 1 unspecified atom stereocenters. The molecule has 0 aliphatic heterocycles. The predicted molar refractivity (Wildman–Crippen MR) is 84.0 cm³/mol. The van der Waals surface area contributed by atoms with Crippen molar-refractivity contribution in [1.82, 2.24) is 9.55 Å². The zero-order chi connectivity index (χ0) is 15.3. The minimum absolute atomic E-state index is 0.339. The number of carbonyl (C=O) groups excluding carboxylic acids is 1. The molecule has 6 heteroatoms. The van der Waals surface area contributed by atoms with Gasteiger partial charge in [0.2, 0.25) is 0 Å². The Morgan fingerprint density at radius 1 is 1.57 bits per heavy atom. The summed E-state index contributed by atoms with van der Waals surface area (Å²) in [5, 5.41) is 2.03. The van der Waals surface area contributed by atoms with Gasteiger partial charge >= 0.3 is 5.97 Å². The van der Waals surface area contributed by atoms with Crippen LogP contribution in [0, 0.1) is 0 Å². The molecule has 0 radical (unpaired) electrons. The van der Waals surface area contributed by atoms with E-state index in [4.69, 9.17) is 10.5 Å². The number of esters is 1. The number of hydrogen-bond donors (Lipinski definition) is 1. The molecule has 0 aliphatic carbocycles. The van der Waals surface area contributed by atoms with Crippen molar-refractivity contribution in [1.29, 1.82) is 0 Å². The van der Waals surface area contributed by atoms with E-state index in [0.29, 0.717) is 13.0 Å². The van der Waals surface area contributed by atoms with Gasteiger partial charge in [0.1, 0.15) is 11.4 Å². The molecule has 2 aromatic heterocycles. The SMILES string of the molecule is CCOC(=O)C(C)(N)CCCn1ccnc1-c1cccs1. The first-order chi connectivity index (χ1) is 10.0. The Balaban J connectivity index is 1.93. The summed E-state index contributed by atoms with van der Waals surface area (Å²) in [4.78, 5) is 17.3. The summed E-state index contributed by atoms with van der Waals surface area (Å²) in [6, 6.07) is 4.06. The summed E-state index contributed by atoms with van der Waals surface area (Å²) in [7, 11) is 0. The summed E-state index contributed by atoms with van der Waals surface area (Å²) >= 11 is 1.66. The summed E-state index contributed by atoms with van der Waals surface area (Å²) < 4.78 is 7.09. The minimum Gasteiger partial charge on any atom is -0.465 e. The van der Waals surface area contributed by atoms with Crippen molar-refractivity contribution in [3.8, 4) is 10.7 Å². The zero-order valence-corrected chi connectivity index (χ0v) is 13.2. The maximum Gasteiger partial charge on any atom is 0.325 e. The quantitative estimate of drug-likeness (QED) is 0.798. The average molecular weight is 307 g/mol. The van der Waals surface area contributed by atoms with Gasteiger partial charge < -0.3 is 15.0 Å². The number of carbonyl (C=O) groups is 1. The van der Waals surface area contributed by atoms with E-state index in [0.717, 1.165) is 23.7 Å². The molecule has 0 aromatic carbocycles. The van der Waals surface area contributed by atoms with Gasteiger partial charge in [-0.2, -0.15) is 0 Å². The molecule has 0 amide bonds. The van der Waals surface area contributed by atoms with Crippen LogP contribution in [-0.4, -0.2) is 27.7 Å². The lowest BCUT2D eigenvalue weighted by Crippen LogP contribution is -2.46. The lowest BCUT2D eigenvalue weighted by atomic mass is 9.97. The summed E-state index contributed by atoms with van der Waals surface area (Å²) in [5.41, 5.74) is 5.09. The van der Waals surface area contributed by atoms with Gasteiger partial charge in [0.15, 0.2) is 0 Å². The third kappa shape index (κ3) is 3.92. The van der Waals surface area contributed by atoms with Crippen molar-refractivity contribution in [2.45, 2.75) is 38.8 Å². The maximum atomic E-state index is 11.7. The monoisotopic (exact) mass is 307 g/mol. The molecule has 0 bridgehead atoms. The third-order valence-electron chi connectivity index (χ3n) is 3.29. The molecule has 0 aliphatic rings. The van der Waals surface area contributed by atoms with E-state index in [1.165, 1.54) is 0 Å². The number of aryl methyl sites for hydroxylation is 1. The van der Waals surface area contributed by atoms with Crippen molar-refractivity contribution >= 4 is 17.3 Å². The molecule has 0 spiro atoms. The Morgan fingerprint density at radius 2 is 2.38 bits per heavy atom. The van der Waals surface area contributed by atoms with E-state index >= 15 is 0 Å². The molecule has 114 valence electrons. The van der Waals surface area contributed by atoms with Gasteiger partial charge in [0.25, 0.3) is 0 Å². The first kappa shape index (κ1) is 15.7. The molecule has 2 rings (SSSR count). The molecule has 1 atom stereocenters. The highest BCUT2D eigenvalue weighted by Crippen LogP contribution is 2.23. The van der Waals surface area contributed by atoms with E-state index in [1.54, 1.807) is 31.4 Å². The Bertz CT molecular complexity index is 576. The number of thiophene rings is 1. The van der Waals surface area contributed by atoms with Crippen LogP contribution in [0.15, 0.2) is 29.9 Å². The summed E-state index contributed by atoms with van der Waals surface area (Å²) in [6.45, 7) is 4.64. The minimum atomic E-state index is -0.931. The van der Waals surface area contributed by atoms with E-state index in [2.05, 4.69) is 15.6 Å². The second-order valence-electron chi connectivity index (χ2n) is 5.16. The standard InChI is InChI=1S/C15H21N3O2S/c1-3-20-14(19)15(2,16)7-5-9-18-10-8-17-13(18)12-6-4-11-21-12/h4,6,8,10-11H,3,5,7,9,16H2,1-2H3. The number of nitrogens with zero attached hydrogens (tertiary/aromatic N) is 2. The molecule has 2 aromatic rings. The maximum absolute atomic E-state index is 11.7. The Labute approximate surface area is 128 Å². The van der Waals surface area contributed by atoms with E-state index in [1.807, 2.05) is 17.6 Å². The number of imidazole rings is 1. The zero-order valence-electron chi connectivity index (χ0n) is 12.4. The molecular formula is C15H21N3O2S. The number of nitrogens with two attached hydrogens (primary N) is 1. The number of ether oxygens (including phenoxy) is 1. The number of hydrogen-bond acceptors (Lipinski definition) is 5. The molecule has 2 N–H and O–H groups in total. The van der Waals surface area contributed by atoms with Crippen molar-refractivity contribution < 1.29 is 9.53 Å². The van der Waals surface area contributed by atoms with Crippen molar-refractivity contribution in [3.63, 3.8) is 0 Å². The molecule has 21 heavy (non-hydrogen) atoms. The highest BCUT2D eigenvalue weighted by molar-refractivity contribution is 7.13. The molecule has 2 heterocycles. The van der Waals surface area contributed by atoms with Gasteiger partial charge in [-0.05, 0) is 38.1 Å². The summed E-state index contributed by atoms with van der Waals surface area (Å²) in [6.07, 6.45) is 5.11. The van der Waals surface area contributed by atoms with Crippen LogP contribution in [0.1, 0.15) is 26.7 Å². The molecular weight excluding hydrogens is 286 g/mol. The van der Waals surface area contributed by atoms with Crippen LogP contribution in [0.25, 0.3) is 10.7 Å². The van der Waals surface area contributed by atoms with Crippen LogP contribution >= 0.6 is 11.3 Å². The highest BCUT2D eigenvalue weighted by Gasteiger charge is 2.29. The number of aromatic nitrogens is 2. The van der Waals surface area contributed by atoms with E-state index < -0.39 is 5.54 Å². The van der Waals surface area contributed by atoms with Crippen molar-refractivity contribution in [2.75, 3.05) is 6.61 Å². The van der Waals surface area contributed by atoms with Gasteiger partial charge in [-0.25, -0.2) is 4.98 Å². The highest BCUT2D eigenvalue weighted by atomic mass is 32.1. The van der Waals surface area contributed by atoms with Gasteiger partial charge in [-0.3, -0.25) is 4.79 Å². The fourth-order valence-electron chi connectivity index (χ4n) is 2.14. The smallest absolute Gasteiger partial charge is 0.325 e. The molecule has 5 nitrogen and oxygen atoms in total. The van der Waals surface area contributed by atoms with Crippen molar-refractivity contribution in [3.05, 3.63) is 29.9 Å². The topological polar surface area (TPSA) is 70.1 Å². The van der Waals surface area contributed by atoms with Gasteiger partial charge in [-0.15, -0.1) is 11.3 Å². The van der Waals surface area contributed by atoms with E-state index in [-0.39, 0.29) is 5.97 Å². The van der Waals surface area contributed by atoms with Crippen LogP contribution in [0.3, 0.4) is 0 Å². The fourth-order valence-corrected chi connectivity index (χ4v) is 2.87. The lowest BCUT2D eigenvalue weighted by Gasteiger charge is -2.22. The largest absolute Gasteiger partial charge is 0.465 e. The molecule has 0 fully saturated rings. The fraction of sp³-hybridized carbons (Fsp3) is 0.467. The first-order valence-corrected chi connectivity index (χ1v) is 7.93. The Kier molecular flexibility index (Phi) is 5.14. The van der Waals surface area contributed by atoms with Crippen molar-refractivity contribution in [2.24, 2.45) is 5.73 Å². The van der Waals surface area contributed by atoms with Crippen LogP contribution in [0.5, 0.6) is 0 Å².